The Labute approximate surface area is 142 Å². The number of aromatic nitrogens is 2. The Balaban J connectivity index is 1.55. The molecule has 1 heterocycles. The minimum absolute atomic E-state index is 0.107. The molecule has 2 aliphatic rings. The van der Waals surface area contributed by atoms with Gasteiger partial charge in [-0.3, -0.25) is 0 Å². The van der Waals surface area contributed by atoms with E-state index in [0.717, 1.165) is 31.5 Å². The summed E-state index contributed by atoms with van der Waals surface area (Å²) >= 11 is 0. The topological polar surface area (TPSA) is 97.5 Å². The zero-order valence-electron chi connectivity index (χ0n) is 14.7. The first-order chi connectivity index (χ1) is 11.2. The van der Waals surface area contributed by atoms with Crippen molar-refractivity contribution in [3.63, 3.8) is 0 Å². The molecule has 0 unspecified atom stereocenters. The molecule has 2 fully saturated rings. The van der Waals surface area contributed by atoms with Crippen LogP contribution in [-0.2, 0) is 11.2 Å². The van der Waals surface area contributed by atoms with E-state index in [9.17, 15) is 9.90 Å². The number of rotatable bonds is 4. The maximum absolute atomic E-state index is 11.9. The molecule has 0 radical (unpaired) electrons. The standard InChI is InChI=1S/C17H27N3O4/c1-16(2,3)23-15(21)18-12-5-4-8-17(22,9-12)10-13-19-14(20-24-13)11-6-7-11/h11-12,22H,4-10H2,1-3H3,(H,18,21)/t12-,17+/m0/s1. The molecule has 0 spiro atoms. The first kappa shape index (κ1) is 17.2. The number of aliphatic hydroxyl groups is 1. The second kappa shape index (κ2) is 6.35. The molecular formula is C17H27N3O4. The Bertz CT molecular complexity index is 591. The lowest BCUT2D eigenvalue weighted by atomic mass is 9.79. The summed E-state index contributed by atoms with van der Waals surface area (Å²) < 4.78 is 10.6. The predicted molar refractivity (Wildman–Crippen MR) is 86.6 cm³/mol. The van der Waals surface area contributed by atoms with E-state index in [4.69, 9.17) is 9.26 Å². The normalized spacial score (nSPS) is 27.8. The minimum atomic E-state index is -0.925. The Morgan fingerprint density at radius 2 is 2.17 bits per heavy atom. The van der Waals surface area contributed by atoms with Crippen molar-refractivity contribution in [2.45, 2.75) is 88.9 Å². The highest BCUT2D eigenvalue weighted by Crippen LogP contribution is 2.38. The van der Waals surface area contributed by atoms with Crippen molar-refractivity contribution >= 4 is 6.09 Å². The molecule has 0 bridgehead atoms. The number of nitrogens with one attached hydrogen (secondary N) is 1. The molecule has 2 saturated carbocycles. The lowest BCUT2D eigenvalue weighted by molar-refractivity contribution is -0.0149. The molecule has 0 saturated heterocycles. The molecular weight excluding hydrogens is 310 g/mol. The van der Waals surface area contributed by atoms with Gasteiger partial charge in [-0.05, 0) is 59.3 Å². The first-order valence-electron chi connectivity index (χ1n) is 8.77. The average Bonchev–Trinajstić information content (AvgIpc) is 3.17. The van der Waals surface area contributed by atoms with Crippen LogP contribution in [0, 0.1) is 0 Å². The van der Waals surface area contributed by atoms with Gasteiger partial charge < -0.3 is 19.7 Å². The van der Waals surface area contributed by atoms with Crippen molar-refractivity contribution in [3.05, 3.63) is 11.7 Å². The molecule has 7 heteroatoms. The number of nitrogens with zero attached hydrogens (tertiary/aromatic N) is 2. The molecule has 2 atom stereocenters. The number of ether oxygens (including phenoxy) is 1. The lowest BCUT2D eigenvalue weighted by Crippen LogP contribution is -2.48. The van der Waals surface area contributed by atoms with Crippen LogP contribution in [0.2, 0.25) is 0 Å². The molecule has 0 aliphatic heterocycles. The monoisotopic (exact) mass is 337 g/mol. The molecule has 134 valence electrons. The smallest absolute Gasteiger partial charge is 0.407 e. The van der Waals surface area contributed by atoms with Crippen LogP contribution >= 0.6 is 0 Å². The fourth-order valence-electron chi connectivity index (χ4n) is 3.23. The summed E-state index contributed by atoms with van der Waals surface area (Å²) in [6, 6.07) is -0.107. The first-order valence-corrected chi connectivity index (χ1v) is 8.77. The molecule has 2 N–H and O–H groups in total. The van der Waals surface area contributed by atoms with Gasteiger partial charge in [0.1, 0.15) is 5.60 Å². The predicted octanol–water partition coefficient (Wildman–Crippen LogP) is 2.69. The molecule has 1 aromatic heterocycles. The number of amides is 1. The third-order valence-electron chi connectivity index (χ3n) is 4.45. The zero-order valence-corrected chi connectivity index (χ0v) is 14.7. The van der Waals surface area contributed by atoms with Crippen molar-refractivity contribution in [2.24, 2.45) is 0 Å². The van der Waals surface area contributed by atoms with Crippen LogP contribution in [0.3, 0.4) is 0 Å². The summed E-state index contributed by atoms with van der Waals surface area (Å²) in [6.07, 6.45) is 4.92. The van der Waals surface area contributed by atoms with Crippen LogP contribution in [0.4, 0.5) is 4.79 Å². The van der Waals surface area contributed by atoms with Gasteiger partial charge in [0, 0.05) is 12.0 Å². The third kappa shape index (κ3) is 4.69. The van der Waals surface area contributed by atoms with Gasteiger partial charge in [-0.1, -0.05) is 5.16 Å². The minimum Gasteiger partial charge on any atom is -0.444 e. The fourth-order valence-corrected chi connectivity index (χ4v) is 3.23. The summed E-state index contributed by atoms with van der Waals surface area (Å²) in [5.41, 5.74) is -1.46. The quantitative estimate of drug-likeness (QED) is 0.876. The Hall–Kier alpha value is -1.63. The van der Waals surface area contributed by atoms with Crippen LogP contribution in [0.15, 0.2) is 4.52 Å². The highest BCUT2D eigenvalue weighted by molar-refractivity contribution is 5.68. The van der Waals surface area contributed by atoms with Crippen molar-refractivity contribution in [1.29, 1.82) is 0 Å². The summed E-state index contributed by atoms with van der Waals surface area (Å²) in [4.78, 5) is 16.3. The van der Waals surface area contributed by atoms with E-state index in [-0.39, 0.29) is 6.04 Å². The number of carbonyl (C=O) groups excluding carboxylic acids is 1. The largest absolute Gasteiger partial charge is 0.444 e. The van der Waals surface area contributed by atoms with Crippen LogP contribution < -0.4 is 5.32 Å². The maximum atomic E-state index is 11.9. The zero-order chi connectivity index (χ0) is 17.4. The summed E-state index contributed by atoms with van der Waals surface area (Å²) in [5, 5.41) is 17.7. The second-order valence-corrected chi connectivity index (χ2v) is 8.16. The molecule has 0 aromatic carbocycles. The van der Waals surface area contributed by atoms with Gasteiger partial charge in [-0.2, -0.15) is 4.98 Å². The van der Waals surface area contributed by atoms with Crippen LogP contribution in [-0.4, -0.2) is 38.6 Å². The SMILES string of the molecule is CC(C)(C)OC(=O)N[C@H]1CCC[C@](O)(Cc2nc(C3CC3)no2)C1. The maximum Gasteiger partial charge on any atom is 0.407 e. The Morgan fingerprint density at radius 3 is 2.83 bits per heavy atom. The summed E-state index contributed by atoms with van der Waals surface area (Å²) in [6.45, 7) is 5.49. The highest BCUT2D eigenvalue weighted by Gasteiger charge is 2.38. The van der Waals surface area contributed by atoms with Crippen LogP contribution in [0.1, 0.15) is 76.9 Å². The summed E-state index contributed by atoms with van der Waals surface area (Å²) in [7, 11) is 0. The van der Waals surface area contributed by atoms with Crippen LogP contribution in [0.25, 0.3) is 0 Å². The Morgan fingerprint density at radius 1 is 1.42 bits per heavy atom. The van der Waals surface area contributed by atoms with E-state index in [0.29, 0.717) is 31.1 Å². The Kier molecular flexibility index (Phi) is 4.55. The average molecular weight is 337 g/mol. The van der Waals surface area contributed by atoms with E-state index in [2.05, 4.69) is 15.5 Å². The molecule has 1 aromatic rings. The molecule has 1 amide bonds. The van der Waals surface area contributed by atoms with Gasteiger partial charge in [0.15, 0.2) is 5.82 Å². The molecule has 3 rings (SSSR count). The third-order valence-corrected chi connectivity index (χ3v) is 4.45. The summed E-state index contributed by atoms with van der Waals surface area (Å²) in [5.74, 6) is 1.68. The number of carbonyl (C=O) groups is 1. The second-order valence-electron chi connectivity index (χ2n) is 8.16. The van der Waals surface area contributed by atoms with Gasteiger partial charge in [-0.25, -0.2) is 4.79 Å². The van der Waals surface area contributed by atoms with Crippen molar-refractivity contribution in [1.82, 2.24) is 15.5 Å². The lowest BCUT2D eigenvalue weighted by Gasteiger charge is -2.36. The van der Waals surface area contributed by atoms with Gasteiger partial charge in [-0.15, -0.1) is 0 Å². The molecule has 24 heavy (non-hydrogen) atoms. The van der Waals surface area contributed by atoms with E-state index < -0.39 is 17.3 Å². The van der Waals surface area contributed by atoms with Crippen LogP contribution in [0.5, 0.6) is 0 Å². The van der Waals surface area contributed by atoms with E-state index in [1.165, 1.54) is 0 Å². The van der Waals surface area contributed by atoms with Crippen molar-refractivity contribution in [3.8, 4) is 0 Å². The van der Waals surface area contributed by atoms with E-state index in [1.807, 2.05) is 20.8 Å². The van der Waals surface area contributed by atoms with Gasteiger partial charge in [0.05, 0.1) is 12.0 Å². The molecule has 7 nitrogen and oxygen atoms in total. The number of alkyl carbamates (subject to hydrolysis) is 1. The fraction of sp³-hybridized carbons (Fsp3) is 0.824. The molecule has 2 aliphatic carbocycles. The number of hydrogen-bond donors (Lipinski definition) is 2. The van der Waals surface area contributed by atoms with E-state index >= 15 is 0 Å². The number of hydrogen-bond acceptors (Lipinski definition) is 6. The highest BCUT2D eigenvalue weighted by atomic mass is 16.6. The van der Waals surface area contributed by atoms with E-state index in [1.54, 1.807) is 0 Å². The van der Waals surface area contributed by atoms with Gasteiger partial charge in [0.25, 0.3) is 0 Å². The van der Waals surface area contributed by atoms with Gasteiger partial charge in [0.2, 0.25) is 5.89 Å². The van der Waals surface area contributed by atoms with Crippen molar-refractivity contribution in [2.75, 3.05) is 0 Å². The van der Waals surface area contributed by atoms with Crippen molar-refractivity contribution < 1.29 is 19.2 Å². The van der Waals surface area contributed by atoms with Gasteiger partial charge >= 0.3 is 6.09 Å².